The third kappa shape index (κ3) is 7.14. The highest BCUT2D eigenvalue weighted by Crippen LogP contribution is 2.33. The SMILES string of the molecule is COc1cc(N2CCN(C3CCNCC3)CC2)ccc1Nc1ncc(Cl)c(Nc2ccccc2CS(C)(=O)=O)n1. The Balaban J connectivity index is 1.28. The number of para-hydroxylation sites is 1. The quantitative estimate of drug-likeness (QED) is 0.340. The largest absolute Gasteiger partial charge is 0.494 e. The first-order valence-electron chi connectivity index (χ1n) is 13.5. The summed E-state index contributed by atoms with van der Waals surface area (Å²) in [6.07, 6.45) is 5.16. The Kier molecular flexibility index (Phi) is 8.94. The fraction of sp³-hybridized carbons (Fsp3) is 0.429. The molecule has 0 bridgehead atoms. The molecule has 0 saturated carbocycles. The topological polar surface area (TPSA) is 112 Å². The van der Waals surface area contributed by atoms with Crippen molar-refractivity contribution in [3.8, 4) is 5.75 Å². The Morgan fingerprint density at radius 3 is 2.52 bits per heavy atom. The summed E-state index contributed by atoms with van der Waals surface area (Å²) in [7, 11) is -1.57. The molecule has 0 unspecified atom stereocenters. The van der Waals surface area contributed by atoms with Gasteiger partial charge in [0.25, 0.3) is 0 Å². The standard InChI is InChI=1S/C28H36ClN7O3S/c1-39-26-17-22(36-15-13-35(14-16-36)21-9-11-30-12-10-21)7-8-25(26)33-28-31-18-23(29)27(34-28)32-24-6-4-3-5-20(24)19-40(2,37)38/h3-8,17-18,21,30H,9-16,19H2,1-2H3,(H2,31,32,33,34). The van der Waals surface area contributed by atoms with Crippen LogP contribution in [0.3, 0.4) is 0 Å². The summed E-state index contributed by atoms with van der Waals surface area (Å²) in [4.78, 5) is 13.9. The number of halogens is 1. The summed E-state index contributed by atoms with van der Waals surface area (Å²) in [6, 6.07) is 14.0. The monoisotopic (exact) mass is 585 g/mol. The Labute approximate surface area is 241 Å². The Morgan fingerprint density at radius 2 is 1.80 bits per heavy atom. The van der Waals surface area contributed by atoms with Gasteiger partial charge in [0.2, 0.25) is 5.95 Å². The number of hydrogen-bond donors (Lipinski definition) is 3. The third-order valence-corrected chi connectivity index (χ3v) is 8.48. The number of nitrogens with zero attached hydrogens (tertiary/aromatic N) is 4. The van der Waals surface area contributed by atoms with Gasteiger partial charge in [0, 0.05) is 55.9 Å². The summed E-state index contributed by atoms with van der Waals surface area (Å²) in [5.74, 6) is 1.28. The second-order valence-electron chi connectivity index (χ2n) is 10.3. The Bertz CT molecular complexity index is 1430. The van der Waals surface area contributed by atoms with Gasteiger partial charge in [0.1, 0.15) is 10.8 Å². The van der Waals surface area contributed by atoms with Gasteiger partial charge in [-0.25, -0.2) is 13.4 Å². The van der Waals surface area contributed by atoms with Crippen LogP contribution in [0.25, 0.3) is 0 Å². The molecule has 1 aromatic heterocycles. The maximum Gasteiger partial charge on any atom is 0.229 e. The molecule has 0 radical (unpaired) electrons. The van der Waals surface area contributed by atoms with E-state index in [9.17, 15) is 8.42 Å². The molecule has 2 aliphatic rings. The minimum absolute atomic E-state index is 0.0966. The van der Waals surface area contributed by atoms with E-state index in [-0.39, 0.29) is 5.75 Å². The van der Waals surface area contributed by atoms with E-state index < -0.39 is 9.84 Å². The predicted octanol–water partition coefficient (Wildman–Crippen LogP) is 4.04. The average molecular weight is 586 g/mol. The molecule has 214 valence electrons. The number of hydrogen-bond acceptors (Lipinski definition) is 10. The number of anilines is 5. The summed E-state index contributed by atoms with van der Waals surface area (Å²) < 4.78 is 29.5. The highest BCUT2D eigenvalue weighted by atomic mass is 35.5. The van der Waals surface area contributed by atoms with Gasteiger partial charge in [0.15, 0.2) is 15.7 Å². The lowest BCUT2D eigenvalue weighted by Crippen LogP contribution is -2.52. The van der Waals surface area contributed by atoms with Gasteiger partial charge in [-0.05, 0) is 49.7 Å². The molecular formula is C28H36ClN7O3S. The van der Waals surface area contributed by atoms with Gasteiger partial charge < -0.3 is 25.6 Å². The van der Waals surface area contributed by atoms with E-state index in [0.717, 1.165) is 50.6 Å². The minimum Gasteiger partial charge on any atom is -0.494 e. The van der Waals surface area contributed by atoms with Crippen LogP contribution >= 0.6 is 11.6 Å². The van der Waals surface area contributed by atoms with Gasteiger partial charge >= 0.3 is 0 Å². The molecule has 40 heavy (non-hydrogen) atoms. The lowest BCUT2D eigenvalue weighted by atomic mass is 10.0. The number of piperazine rings is 1. The molecule has 2 fully saturated rings. The molecule has 0 amide bonds. The van der Waals surface area contributed by atoms with E-state index in [1.165, 1.54) is 25.3 Å². The summed E-state index contributed by atoms with van der Waals surface area (Å²) >= 11 is 6.39. The van der Waals surface area contributed by atoms with Gasteiger partial charge in [-0.15, -0.1) is 0 Å². The maximum atomic E-state index is 11.9. The van der Waals surface area contributed by atoms with Gasteiger partial charge in [-0.3, -0.25) is 4.90 Å². The summed E-state index contributed by atoms with van der Waals surface area (Å²) in [5, 5.41) is 10.2. The molecule has 2 saturated heterocycles. The van der Waals surface area contributed by atoms with Crippen LogP contribution in [0.1, 0.15) is 18.4 Å². The zero-order chi connectivity index (χ0) is 28.1. The molecule has 10 nitrogen and oxygen atoms in total. The molecule has 12 heteroatoms. The van der Waals surface area contributed by atoms with E-state index in [2.05, 4.69) is 41.8 Å². The molecule has 3 aromatic rings. The van der Waals surface area contributed by atoms with Crippen LogP contribution in [-0.2, 0) is 15.6 Å². The van der Waals surface area contributed by atoms with E-state index in [1.807, 2.05) is 18.2 Å². The highest BCUT2D eigenvalue weighted by molar-refractivity contribution is 7.89. The zero-order valence-corrected chi connectivity index (χ0v) is 24.4. The first-order chi connectivity index (χ1) is 19.3. The van der Waals surface area contributed by atoms with Crippen molar-refractivity contribution < 1.29 is 13.2 Å². The van der Waals surface area contributed by atoms with Crippen molar-refractivity contribution in [1.82, 2.24) is 20.2 Å². The van der Waals surface area contributed by atoms with E-state index in [0.29, 0.717) is 39.8 Å². The number of rotatable bonds is 9. The van der Waals surface area contributed by atoms with Crippen LogP contribution in [0.5, 0.6) is 5.75 Å². The van der Waals surface area contributed by atoms with Crippen molar-refractivity contribution in [3.05, 3.63) is 59.2 Å². The first-order valence-corrected chi connectivity index (χ1v) is 15.9. The fourth-order valence-electron chi connectivity index (χ4n) is 5.31. The normalized spacial score (nSPS) is 17.0. The molecule has 0 aliphatic carbocycles. The van der Waals surface area contributed by atoms with Crippen LogP contribution < -0.4 is 25.6 Å². The molecule has 3 N–H and O–H groups in total. The predicted molar refractivity (Wildman–Crippen MR) is 161 cm³/mol. The van der Waals surface area contributed by atoms with Crippen LogP contribution in [0.4, 0.5) is 28.8 Å². The van der Waals surface area contributed by atoms with Crippen LogP contribution in [-0.4, -0.2) is 82.0 Å². The van der Waals surface area contributed by atoms with E-state index >= 15 is 0 Å². The molecule has 2 aliphatic heterocycles. The number of benzene rings is 2. The van der Waals surface area contributed by atoms with Gasteiger partial charge in [-0.2, -0.15) is 4.98 Å². The van der Waals surface area contributed by atoms with E-state index in [1.54, 1.807) is 25.3 Å². The lowest BCUT2D eigenvalue weighted by molar-refractivity contribution is 0.153. The van der Waals surface area contributed by atoms with Crippen molar-refractivity contribution in [2.45, 2.75) is 24.6 Å². The molecule has 0 atom stereocenters. The van der Waals surface area contributed by atoms with Crippen molar-refractivity contribution in [3.63, 3.8) is 0 Å². The summed E-state index contributed by atoms with van der Waals surface area (Å²) in [6.45, 7) is 6.32. The molecule has 2 aromatic carbocycles. The number of sulfone groups is 1. The van der Waals surface area contributed by atoms with Crippen molar-refractivity contribution in [2.75, 3.05) is 68.2 Å². The van der Waals surface area contributed by atoms with Crippen LogP contribution in [0, 0.1) is 0 Å². The summed E-state index contributed by atoms with van der Waals surface area (Å²) in [5.41, 5.74) is 3.09. The Morgan fingerprint density at radius 1 is 1.05 bits per heavy atom. The second-order valence-corrected chi connectivity index (χ2v) is 12.8. The Hall–Kier alpha value is -3.12. The van der Waals surface area contributed by atoms with Crippen molar-refractivity contribution in [2.24, 2.45) is 0 Å². The smallest absolute Gasteiger partial charge is 0.229 e. The lowest BCUT2D eigenvalue weighted by Gasteiger charge is -2.41. The average Bonchev–Trinajstić information content (AvgIpc) is 2.96. The minimum atomic E-state index is -3.22. The number of piperidine rings is 1. The van der Waals surface area contributed by atoms with Crippen LogP contribution in [0.15, 0.2) is 48.7 Å². The highest BCUT2D eigenvalue weighted by Gasteiger charge is 2.25. The second kappa shape index (κ2) is 12.6. The fourth-order valence-corrected chi connectivity index (χ4v) is 6.27. The molecule has 0 spiro atoms. The first kappa shape index (κ1) is 28.4. The van der Waals surface area contributed by atoms with Gasteiger partial charge in [-0.1, -0.05) is 29.8 Å². The molecular weight excluding hydrogens is 550 g/mol. The number of ether oxygens (including phenoxy) is 1. The van der Waals surface area contributed by atoms with Crippen molar-refractivity contribution in [1.29, 1.82) is 0 Å². The number of methoxy groups -OCH3 is 1. The van der Waals surface area contributed by atoms with Crippen molar-refractivity contribution >= 4 is 50.3 Å². The molecule has 3 heterocycles. The zero-order valence-electron chi connectivity index (χ0n) is 22.9. The van der Waals surface area contributed by atoms with Crippen LogP contribution in [0.2, 0.25) is 5.02 Å². The van der Waals surface area contributed by atoms with Gasteiger partial charge in [0.05, 0.1) is 24.7 Å². The number of nitrogens with one attached hydrogen (secondary N) is 3. The maximum absolute atomic E-state index is 11.9. The van der Waals surface area contributed by atoms with E-state index in [4.69, 9.17) is 16.3 Å². The molecule has 5 rings (SSSR count). The number of aromatic nitrogens is 2. The third-order valence-electron chi connectivity index (χ3n) is 7.37.